The molecule has 1 unspecified atom stereocenters. The van der Waals surface area contributed by atoms with Crippen molar-refractivity contribution in [2.45, 2.75) is 29.6 Å². The lowest BCUT2D eigenvalue weighted by Gasteiger charge is -2.29. The zero-order valence-corrected chi connectivity index (χ0v) is 11.5. The Balaban J connectivity index is 2.05. The maximum absolute atomic E-state index is 11.7. The predicted octanol–water partition coefficient (Wildman–Crippen LogP) is 0.792. The maximum atomic E-state index is 11.7. The topological polar surface area (TPSA) is 80.9 Å². The summed E-state index contributed by atoms with van der Waals surface area (Å²) in [5, 5.41) is 12.1. The minimum absolute atomic E-state index is 0.267. The van der Waals surface area contributed by atoms with Crippen LogP contribution >= 0.6 is 23.1 Å². The van der Waals surface area contributed by atoms with E-state index in [0.717, 1.165) is 22.2 Å². The third-order valence-electron chi connectivity index (χ3n) is 3.09. The Morgan fingerprint density at radius 2 is 2.35 bits per heavy atom. The van der Waals surface area contributed by atoms with E-state index in [1.807, 2.05) is 6.92 Å². The average Bonchev–Trinajstić information content (AvgIpc) is 3.04. The number of aromatic nitrogens is 2. The molecule has 17 heavy (non-hydrogen) atoms. The quantitative estimate of drug-likeness (QED) is 0.748. The number of hydrogen-bond donors (Lipinski definition) is 2. The Labute approximate surface area is 109 Å². The number of aryl methyl sites for hydroxylation is 1. The number of carbonyl (C=O) groups is 1. The Bertz CT molecular complexity index is 418. The van der Waals surface area contributed by atoms with Crippen LogP contribution in [0, 0.1) is 12.8 Å². The molecular weight excluding hydrogens is 256 g/mol. The SMILES string of the molecule is CNC(CSc1nnc(C)s1)(C(N)=O)C1CC1. The molecule has 5 nitrogen and oxygen atoms in total. The van der Waals surface area contributed by atoms with Crippen LogP contribution in [0.25, 0.3) is 0 Å². The Hall–Kier alpha value is -0.660. The summed E-state index contributed by atoms with van der Waals surface area (Å²) in [7, 11) is 1.80. The van der Waals surface area contributed by atoms with Gasteiger partial charge >= 0.3 is 0 Å². The first-order chi connectivity index (χ1) is 8.08. The van der Waals surface area contributed by atoms with Crippen LogP contribution in [-0.4, -0.2) is 34.4 Å². The van der Waals surface area contributed by atoms with Gasteiger partial charge in [-0.25, -0.2) is 0 Å². The van der Waals surface area contributed by atoms with E-state index in [9.17, 15) is 4.79 Å². The van der Waals surface area contributed by atoms with Crippen molar-refractivity contribution in [2.75, 3.05) is 12.8 Å². The molecular formula is C10H16N4OS2. The standard InChI is InChI=1S/C10H16N4OS2/c1-6-13-14-9(17-6)16-5-10(12-2,8(11)15)7-3-4-7/h7,12H,3-5H2,1-2H3,(H2,11,15). The van der Waals surface area contributed by atoms with Gasteiger partial charge in [0.2, 0.25) is 5.91 Å². The van der Waals surface area contributed by atoms with Crippen molar-refractivity contribution in [3.05, 3.63) is 5.01 Å². The molecule has 1 amide bonds. The van der Waals surface area contributed by atoms with Gasteiger partial charge in [-0.15, -0.1) is 10.2 Å². The van der Waals surface area contributed by atoms with E-state index in [1.165, 1.54) is 0 Å². The second-order valence-corrected chi connectivity index (χ2v) is 6.64. The number of likely N-dealkylation sites (N-methyl/N-ethyl adjacent to an activating group) is 1. The van der Waals surface area contributed by atoms with Gasteiger partial charge in [0.15, 0.2) is 4.34 Å². The van der Waals surface area contributed by atoms with E-state index in [2.05, 4.69) is 15.5 Å². The molecule has 1 aromatic heterocycles. The van der Waals surface area contributed by atoms with Crippen LogP contribution in [0.4, 0.5) is 0 Å². The summed E-state index contributed by atoms with van der Waals surface area (Å²) in [6, 6.07) is 0. The Kier molecular flexibility index (Phi) is 3.70. The largest absolute Gasteiger partial charge is 0.368 e. The first-order valence-corrected chi connectivity index (χ1v) is 7.30. The van der Waals surface area contributed by atoms with Crippen molar-refractivity contribution in [1.29, 1.82) is 0 Å². The van der Waals surface area contributed by atoms with Crippen LogP contribution in [0.2, 0.25) is 0 Å². The summed E-state index contributed by atoms with van der Waals surface area (Å²) in [5.41, 5.74) is 4.95. The molecule has 1 aliphatic carbocycles. The third-order valence-corrected chi connectivity index (χ3v) is 5.26. The number of nitrogens with zero attached hydrogens (tertiary/aromatic N) is 2. The molecule has 94 valence electrons. The molecule has 1 aromatic rings. The number of amides is 1. The van der Waals surface area contributed by atoms with E-state index in [-0.39, 0.29) is 5.91 Å². The van der Waals surface area contributed by atoms with E-state index in [0.29, 0.717) is 11.7 Å². The lowest BCUT2D eigenvalue weighted by Crippen LogP contribution is -2.57. The second-order valence-electron chi connectivity index (χ2n) is 4.24. The molecule has 1 fully saturated rings. The molecule has 0 aromatic carbocycles. The van der Waals surface area contributed by atoms with Crippen LogP contribution in [-0.2, 0) is 4.79 Å². The lowest BCUT2D eigenvalue weighted by atomic mass is 9.95. The minimum atomic E-state index is -0.593. The molecule has 1 saturated carbocycles. The van der Waals surface area contributed by atoms with Crippen molar-refractivity contribution in [1.82, 2.24) is 15.5 Å². The highest BCUT2D eigenvalue weighted by Crippen LogP contribution is 2.42. The third kappa shape index (κ3) is 2.61. The molecule has 1 heterocycles. The number of thioether (sulfide) groups is 1. The minimum Gasteiger partial charge on any atom is -0.368 e. The summed E-state index contributed by atoms with van der Waals surface area (Å²) in [6.07, 6.45) is 2.14. The fourth-order valence-corrected chi connectivity index (χ4v) is 4.04. The highest BCUT2D eigenvalue weighted by Gasteiger charge is 2.48. The highest BCUT2D eigenvalue weighted by atomic mass is 32.2. The molecule has 2 rings (SSSR count). The fraction of sp³-hybridized carbons (Fsp3) is 0.700. The molecule has 0 bridgehead atoms. The predicted molar refractivity (Wildman–Crippen MR) is 69.1 cm³/mol. The second kappa shape index (κ2) is 4.91. The number of primary amides is 1. The molecule has 3 N–H and O–H groups in total. The molecule has 1 atom stereocenters. The number of hydrogen-bond acceptors (Lipinski definition) is 6. The summed E-state index contributed by atoms with van der Waals surface area (Å²) in [5.74, 6) is 0.723. The molecule has 0 radical (unpaired) electrons. The smallest absolute Gasteiger partial charge is 0.238 e. The van der Waals surface area contributed by atoms with Crippen LogP contribution in [0.15, 0.2) is 4.34 Å². The zero-order valence-electron chi connectivity index (χ0n) is 9.90. The van der Waals surface area contributed by atoms with Crippen molar-refractivity contribution in [3.63, 3.8) is 0 Å². The monoisotopic (exact) mass is 272 g/mol. The Morgan fingerprint density at radius 1 is 1.65 bits per heavy atom. The van der Waals surface area contributed by atoms with Gasteiger partial charge in [-0.3, -0.25) is 4.79 Å². The van der Waals surface area contributed by atoms with Gasteiger partial charge in [-0.2, -0.15) is 0 Å². The molecule has 1 aliphatic rings. The normalized spacial score (nSPS) is 18.9. The van der Waals surface area contributed by atoms with Crippen LogP contribution in [0.1, 0.15) is 17.8 Å². The first kappa shape index (κ1) is 12.8. The summed E-state index contributed by atoms with van der Waals surface area (Å²) >= 11 is 3.09. The van der Waals surface area contributed by atoms with Gasteiger partial charge in [0.25, 0.3) is 0 Å². The van der Waals surface area contributed by atoms with Gasteiger partial charge in [0, 0.05) is 5.75 Å². The van der Waals surface area contributed by atoms with Crippen molar-refractivity contribution < 1.29 is 4.79 Å². The van der Waals surface area contributed by atoms with Gasteiger partial charge in [-0.05, 0) is 32.7 Å². The molecule has 0 aliphatic heterocycles. The molecule has 0 spiro atoms. The van der Waals surface area contributed by atoms with E-state index in [4.69, 9.17) is 5.73 Å². The average molecular weight is 272 g/mol. The first-order valence-electron chi connectivity index (χ1n) is 5.50. The Morgan fingerprint density at radius 3 is 2.76 bits per heavy atom. The van der Waals surface area contributed by atoms with Gasteiger partial charge in [0.1, 0.15) is 10.5 Å². The van der Waals surface area contributed by atoms with Crippen LogP contribution in [0.5, 0.6) is 0 Å². The molecule has 0 saturated heterocycles. The number of nitrogens with one attached hydrogen (secondary N) is 1. The van der Waals surface area contributed by atoms with Crippen LogP contribution < -0.4 is 11.1 Å². The fourth-order valence-electron chi connectivity index (χ4n) is 1.88. The summed E-state index contributed by atoms with van der Waals surface area (Å²) in [4.78, 5) is 11.7. The van der Waals surface area contributed by atoms with E-state index in [1.54, 1.807) is 30.1 Å². The highest BCUT2D eigenvalue weighted by molar-refractivity contribution is 8.01. The van der Waals surface area contributed by atoms with Gasteiger partial charge in [-0.1, -0.05) is 23.1 Å². The maximum Gasteiger partial charge on any atom is 0.238 e. The van der Waals surface area contributed by atoms with Crippen molar-refractivity contribution >= 4 is 29.0 Å². The number of rotatable bonds is 6. The lowest BCUT2D eigenvalue weighted by molar-refractivity contribution is -0.124. The summed E-state index contributed by atoms with van der Waals surface area (Å²) < 4.78 is 0.893. The number of nitrogens with two attached hydrogens (primary N) is 1. The molecule has 7 heteroatoms. The summed E-state index contributed by atoms with van der Waals surface area (Å²) in [6.45, 7) is 1.92. The van der Waals surface area contributed by atoms with Gasteiger partial charge in [0.05, 0.1) is 0 Å². The zero-order chi connectivity index (χ0) is 12.5. The van der Waals surface area contributed by atoms with Crippen molar-refractivity contribution in [3.8, 4) is 0 Å². The van der Waals surface area contributed by atoms with Gasteiger partial charge < -0.3 is 11.1 Å². The number of carbonyl (C=O) groups excluding carboxylic acids is 1. The van der Waals surface area contributed by atoms with Crippen LogP contribution in [0.3, 0.4) is 0 Å². The van der Waals surface area contributed by atoms with E-state index >= 15 is 0 Å². The van der Waals surface area contributed by atoms with Crippen molar-refractivity contribution in [2.24, 2.45) is 11.7 Å². The van der Waals surface area contributed by atoms with E-state index < -0.39 is 5.54 Å².